The number of nitro groups is 1. The Morgan fingerprint density at radius 1 is 1.34 bits per heavy atom. The molecule has 0 radical (unpaired) electrons. The van der Waals surface area contributed by atoms with Crippen LogP contribution in [-0.2, 0) is 11.3 Å². The summed E-state index contributed by atoms with van der Waals surface area (Å²) in [4.78, 5) is 27.2. The first-order chi connectivity index (χ1) is 14.0. The summed E-state index contributed by atoms with van der Waals surface area (Å²) in [7, 11) is 0. The van der Waals surface area contributed by atoms with Gasteiger partial charge in [0.05, 0.1) is 28.3 Å². The number of benzene rings is 2. The second kappa shape index (κ2) is 8.99. The van der Waals surface area contributed by atoms with E-state index in [0.29, 0.717) is 17.0 Å². The molecule has 2 aromatic carbocycles. The summed E-state index contributed by atoms with van der Waals surface area (Å²) in [6.07, 6.45) is 8.35. The quantitative estimate of drug-likeness (QED) is 0.269. The molecule has 0 spiro atoms. The van der Waals surface area contributed by atoms with Gasteiger partial charge >= 0.3 is 0 Å². The standard InChI is InChI=1S/C21H17N3O4S/c1-3-13-23-18-11-10-17(28-4-2)14-19(18)29-21(23)22-20(25)12-7-15-5-8-16(9-6-15)24(26)27/h1,5-12,14H,4,13H2,2H3. The molecule has 0 aliphatic carbocycles. The van der Waals surface area contributed by atoms with Crippen molar-refractivity contribution in [3.63, 3.8) is 0 Å². The van der Waals surface area contributed by atoms with Crippen molar-refractivity contribution in [2.75, 3.05) is 6.61 Å². The first-order valence-electron chi connectivity index (χ1n) is 8.72. The van der Waals surface area contributed by atoms with Crippen LogP contribution in [0.3, 0.4) is 0 Å². The molecule has 0 unspecified atom stereocenters. The Hall–Kier alpha value is -3.70. The van der Waals surface area contributed by atoms with Crippen LogP contribution in [0.5, 0.6) is 5.75 Å². The summed E-state index contributed by atoms with van der Waals surface area (Å²) in [5, 5.41) is 10.7. The van der Waals surface area contributed by atoms with Crippen LogP contribution >= 0.6 is 11.3 Å². The molecule has 0 fully saturated rings. The number of amides is 1. The molecule has 0 N–H and O–H groups in total. The lowest BCUT2D eigenvalue weighted by Gasteiger charge is -2.03. The van der Waals surface area contributed by atoms with Crippen molar-refractivity contribution in [2.24, 2.45) is 4.99 Å². The van der Waals surface area contributed by atoms with Gasteiger partial charge in [0.25, 0.3) is 11.6 Å². The van der Waals surface area contributed by atoms with Gasteiger partial charge in [0.1, 0.15) is 5.75 Å². The van der Waals surface area contributed by atoms with E-state index in [1.54, 1.807) is 22.8 Å². The summed E-state index contributed by atoms with van der Waals surface area (Å²) in [5.74, 6) is 2.87. The zero-order valence-electron chi connectivity index (χ0n) is 15.6. The normalized spacial score (nSPS) is 11.7. The fourth-order valence-corrected chi connectivity index (χ4v) is 3.71. The van der Waals surface area contributed by atoms with E-state index >= 15 is 0 Å². The van der Waals surface area contributed by atoms with Gasteiger partial charge in [-0.2, -0.15) is 4.99 Å². The Morgan fingerprint density at radius 3 is 2.76 bits per heavy atom. The number of nitro benzene ring substituents is 1. The van der Waals surface area contributed by atoms with E-state index in [2.05, 4.69) is 10.9 Å². The number of rotatable bonds is 6. The van der Waals surface area contributed by atoms with Crippen molar-refractivity contribution < 1.29 is 14.5 Å². The van der Waals surface area contributed by atoms with Crippen LogP contribution in [0.4, 0.5) is 5.69 Å². The highest BCUT2D eigenvalue weighted by molar-refractivity contribution is 7.16. The summed E-state index contributed by atoms with van der Waals surface area (Å²) in [6, 6.07) is 11.5. The van der Waals surface area contributed by atoms with Gasteiger partial charge in [-0.15, -0.1) is 6.42 Å². The third-order valence-electron chi connectivity index (χ3n) is 3.94. The molecule has 0 aliphatic rings. The topological polar surface area (TPSA) is 86.7 Å². The molecular weight excluding hydrogens is 390 g/mol. The van der Waals surface area contributed by atoms with Crippen molar-refractivity contribution in [2.45, 2.75) is 13.5 Å². The Bertz CT molecular complexity index is 1200. The second-order valence-electron chi connectivity index (χ2n) is 5.87. The van der Waals surface area contributed by atoms with Gasteiger partial charge in [-0.05, 0) is 48.9 Å². The number of thiazole rings is 1. The lowest BCUT2D eigenvalue weighted by Crippen LogP contribution is -2.15. The number of hydrogen-bond acceptors (Lipinski definition) is 5. The minimum Gasteiger partial charge on any atom is -0.494 e. The summed E-state index contributed by atoms with van der Waals surface area (Å²) in [5.41, 5.74) is 1.53. The molecule has 3 aromatic rings. The summed E-state index contributed by atoms with van der Waals surface area (Å²) >= 11 is 1.35. The molecule has 1 aromatic heterocycles. The number of hydrogen-bond donors (Lipinski definition) is 0. The molecule has 0 bridgehead atoms. The highest BCUT2D eigenvalue weighted by Gasteiger charge is 2.08. The van der Waals surface area contributed by atoms with E-state index in [-0.39, 0.29) is 12.2 Å². The van der Waals surface area contributed by atoms with Crippen LogP contribution < -0.4 is 9.54 Å². The van der Waals surface area contributed by atoms with Crippen LogP contribution in [0, 0.1) is 22.5 Å². The third kappa shape index (κ3) is 4.78. The predicted octanol–water partition coefficient (Wildman–Crippen LogP) is 3.78. The Labute approximate surface area is 170 Å². The van der Waals surface area contributed by atoms with Gasteiger partial charge in [0, 0.05) is 18.2 Å². The summed E-state index contributed by atoms with van der Waals surface area (Å²) < 4.78 is 8.23. The van der Waals surface area contributed by atoms with Crippen LogP contribution in [0.25, 0.3) is 16.3 Å². The van der Waals surface area contributed by atoms with Crippen molar-refractivity contribution in [1.82, 2.24) is 4.57 Å². The van der Waals surface area contributed by atoms with Crippen molar-refractivity contribution in [3.05, 3.63) is 69.0 Å². The molecule has 0 saturated carbocycles. The molecule has 8 heteroatoms. The lowest BCUT2D eigenvalue weighted by atomic mass is 10.2. The third-order valence-corrected chi connectivity index (χ3v) is 4.98. The molecule has 0 aliphatic heterocycles. The Kier molecular flexibility index (Phi) is 6.22. The van der Waals surface area contributed by atoms with Gasteiger partial charge in [-0.1, -0.05) is 17.3 Å². The predicted molar refractivity (Wildman–Crippen MR) is 113 cm³/mol. The summed E-state index contributed by atoms with van der Waals surface area (Å²) in [6.45, 7) is 2.75. The van der Waals surface area contributed by atoms with Crippen molar-refractivity contribution in [1.29, 1.82) is 0 Å². The van der Waals surface area contributed by atoms with E-state index in [4.69, 9.17) is 11.2 Å². The van der Waals surface area contributed by atoms with Gasteiger partial charge in [-0.3, -0.25) is 14.9 Å². The smallest absolute Gasteiger partial charge is 0.272 e. The average Bonchev–Trinajstić information content (AvgIpc) is 3.03. The molecule has 29 heavy (non-hydrogen) atoms. The second-order valence-corrected chi connectivity index (χ2v) is 6.88. The number of ether oxygens (including phenoxy) is 1. The Balaban J connectivity index is 1.91. The largest absolute Gasteiger partial charge is 0.494 e. The van der Waals surface area contributed by atoms with Crippen LogP contribution in [0.15, 0.2) is 53.5 Å². The first kappa shape index (κ1) is 20.0. The van der Waals surface area contributed by atoms with E-state index in [1.807, 2.05) is 25.1 Å². The van der Waals surface area contributed by atoms with Gasteiger partial charge in [0.15, 0.2) is 4.80 Å². The number of fused-ring (bicyclic) bond motifs is 1. The van der Waals surface area contributed by atoms with E-state index in [1.165, 1.54) is 29.5 Å². The molecule has 146 valence electrons. The first-order valence-corrected chi connectivity index (χ1v) is 9.54. The number of aromatic nitrogens is 1. The highest BCUT2D eigenvalue weighted by atomic mass is 32.1. The average molecular weight is 407 g/mol. The van der Waals surface area contributed by atoms with E-state index < -0.39 is 10.8 Å². The van der Waals surface area contributed by atoms with Crippen LogP contribution in [0.1, 0.15) is 12.5 Å². The molecular formula is C21H17N3O4S. The molecule has 3 rings (SSSR count). The SMILES string of the molecule is C#CCn1c(=NC(=O)C=Cc2ccc([N+](=O)[O-])cc2)sc2cc(OCC)ccc21. The van der Waals surface area contributed by atoms with E-state index in [9.17, 15) is 14.9 Å². The minimum absolute atomic E-state index is 0.00909. The van der Waals surface area contributed by atoms with E-state index in [0.717, 1.165) is 16.0 Å². The highest BCUT2D eigenvalue weighted by Crippen LogP contribution is 2.23. The van der Waals surface area contributed by atoms with Gasteiger partial charge in [0.2, 0.25) is 0 Å². The lowest BCUT2D eigenvalue weighted by molar-refractivity contribution is -0.384. The van der Waals surface area contributed by atoms with Crippen LogP contribution in [-0.4, -0.2) is 22.0 Å². The molecule has 0 atom stereocenters. The number of carbonyl (C=O) groups is 1. The van der Waals surface area contributed by atoms with Crippen LogP contribution in [0.2, 0.25) is 0 Å². The Morgan fingerprint density at radius 2 is 2.10 bits per heavy atom. The maximum atomic E-state index is 12.3. The monoisotopic (exact) mass is 407 g/mol. The van der Waals surface area contributed by atoms with Gasteiger partial charge in [-0.25, -0.2) is 0 Å². The zero-order chi connectivity index (χ0) is 20.8. The fourth-order valence-electron chi connectivity index (χ4n) is 2.65. The maximum Gasteiger partial charge on any atom is 0.272 e. The zero-order valence-corrected chi connectivity index (χ0v) is 16.4. The van der Waals surface area contributed by atoms with Crippen molar-refractivity contribution >= 4 is 39.2 Å². The number of nitrogens with zero attached hydrogens (tertiary/aromatic N) is 3. The minimum atomic E-state index is -0.476. The molecule has 1 heterocycles. The fraction of sp³-hybridized carbons (Fsp3) is 0.143. The number of carbonyl (C=O) groups excluding carboxylic acids is 1. The maximum absolute atomic E-state index is 12.3. The number of non-ortho nitro benzene ring substituents is 1. The molecule has 7 nitrogen and oxygen atoms in total. The van der Waals surface area contributed by atoms with Crippen molar-refractivity contribution in [3.8, 4) is 18.1 Å². The molecule has 0 saturated heterocycles. The molecule has 1 amide bonds. The van der Waals surface area contributed by atoms with Gasteiger partial charge < -0.3 is 9.30 Å². The number of terminal acetylenes is 1.